The number of nitrogens with zero attached hydrogens (tertiary/aromatic N) is 2. The summed E-state index contributed by atoms with van der Waals surface area (Å²) in [6.07, 6.45) is 3.98. The SMILES string of the molecule is CC1=C(CC(=O)N2CCN(Cc3ccccc3)CC2)c2cc(F)ccc2C1=Cc1ccc(S(C)=O)cc1. The first kappa shape index (κ1) is 25.3. The molecule has 1 saturated heterocycles. The number of amides is 1. The second-order valence-corrected chi connectivity index (χ2v) is 11.1. The van der Waals surface area contributed by atoms with Crippen LogP contribution in [0.5, 0.6) is 0 Å². The molecule has 3 aromatic rings. The highest BCUT2D eigenvalue weighted by molar-refractivity contribution is 7.84. The molecule has 1 amide bonds. The number of carbonyl (C=O) groups excluding carboxylic acids is 1. The van der Waals surface area contributed by atoms with E-state index in [-0.39, 0.29) is 18.1 Å². The lowest BCUT2D eigenvalue weighted by Gasteiger charge is -2.35. The summed E-state index contributed by atoms with van der Waals surface area (Å²) >= 11 is 0. The number of halogens is 1. The summed E-state index contributed by atoms with van der Waals surface area (Å²) in [4.78, 5) is 18.4. The number of hydrogen-bond acceptors (Lipinski definition) is 3. The Kier molecular flexibility index (Phi) is 7.49. The lowest BCUT2D eigenvalue weighted by atomic mass is 10.0. The van der Waals surface area contributed by atoms with Gasteiger partial charge in [0.05, 0.1) is 6.42 Å². The van der Waals surface area contributed by atoms with E-state index < -0.39 is 10.8 Å². The predicted octanol–water partition coefficient (Wildman–Crippen LogP) is 5.63. The van der Waals surface area contributed by atoms with Gasteiger partial charge in [0.15, 0.2) is 0 Å². The van der Waals surface area contributed by atoms with E-state index in [9.17, 15) is 13.4 Å². The van der Waals surface area contributed by atoms with Gasteiger partial charge in [-0.05, 0) is 76.2 Å². The Balaban J connectivity index is 1.33. The molecular formula is C31H31FN2O2S. The molecule has 0 radical (unpaired) electrons. The zero-order valence-electron chi connectivity index (χ0n) is 21.2. The molecule has 1 aliphatic heterocycles. The molecule has 0 aromatic heterocycles. The summed E-state index contributed by atoms with van der Waals surface area (Å²) in [6, 6.07) is 22.8. The van der Waals surface area contributed by atoms with Crippen molar-refractivity contribution in [2.24, 2.45) is 0 Å². The van der Waals surface area contributed by atoms with Crippen LogP contribution in [0.3, 0.4) is 0 Å². The van der Waals surface area contributed by atoms with Crippen LogP contribution in [0.1, 0.15) is 35.6 Å². The van der Waals surface area contributed by atoms with Crippen molar-refractivity contribution in [3.63, 3.8) is 0 Å². The molecule has 0 saturated carbocycles. The molecule has 4 nitrogen and oxygen atoms in total. The summed E-state index contributed by atoms with van der Waals surface area (Å²) < 4.78 is 26.0. The van der Waals surface area contributed by atoms with Crippen LogP contribution >= 0.6 is 0 Å². The van der Waals surface area contributed by atoms with E-state index >= 15 is 0 Å². The van der Waals surface area contributed by atoms with Crippen molar-refractivity contribution in [2.75, 3.05) is 32.4 Å². The lowest BCUT2D eigenvalue weighted by Crippen LogP contribution is -2.48. The number of rotatable bonds is 6. The molecular weight excluding hydrogens is 483 g/mol. The highest BCUT2D eigenvalue weighted by atomic mass is 32.2. The average molecular weight is 515 g/mol. The highest BCUT2D eigenvalue weighted by Crippen LogP contribution is 2.44. The molecule has 1 unspecified atom stereocenters. The minimum atomic E-state index is -1.03. The van der Waals surface area contributed by atoms with Crippen LogP contribution in [0.4, 0.5) is 4.39 Å². The minimum Gasteiger partial charge on any atom is -0.340 e. The van der Waals surface area contributed by atoms with Gasteiger partial charge in [-0.2, -0.15) is 0 Å². The number of fused-ring (bicyclic) bond motifs is 1. The number of allylic oxidation sites excluding steroid dienone is 2. The van der Waals surface area contributed by atoms with Gasteiger partial charge in [0.2, 0.25) is 5.91 Å². The lowest BCUT2D eigenvalue weighted by molar-refractivity contribution is -0.131. The normalized spacial score (nSPS) is 17.8. The molecule has 0 bridgehead atoms. The van der Waals surface area contributed by atoms with Gasteiger partial charge < -0.3 is 4.90 Å². The minimum absolute atomic E-state index is 0.0833. The highest BCUT2D eigenvalue weighted by Gasteiger charge is 2.28. The Labute approximate surface area is 220 Å². The zero-order chi connectivity index (χ0) is 25.9. The second kappa shape index (κ2) is 11.0. The first-order valence-electron chi connectivity index (χ1n) is 12.6. The molecule has 1 aliphatic carbocycles. The third-order valence-corrected chi connectivity index (χ3v) is 8.21. The van der Waals surface area contributed by atoms with E-state index in [2.05, 4.69) is 35.2 Å². The van der Waals surface area contributed by atoms with Gasteiger partial charge >= 0.3 is 0 Å². The van der Waals surface area contributed by atoms with Crippen LogP contribution in [-0.2, 0) is 22.1 Å². The van der Waals surface area contributed by atoms with Crippen molar-refractivity contribution < 1.29 is 13.4 Å². The van der Waals surface area contributed by atoms with E-state index in [1.54, 1.807) is 18.4 Å². The summed E-state index contributed by atoms with van der Waals surface area (Å²) in [7, 11) is -1.03. The maximum Gasteiger partial charge on any atom is 0.227 e. The first-order chi connectivity index (χ1) is 17.9. The molecule has 37 heavy (non-hydrogen) atoms. The van der Waals surface area contributed by atoms with Crippen molar-refractivity contribution in [1.82, 2.24) is 9.80 Å². The fraction of sp³-hybridized carbons (Fsp3) is 0.258. The second-order valence-electron chi connectivity index (χ2n) is 9.69. The van der Waals surface area contributed by atoms with Crippen LogP contribution in [0.25, 0.3) is 17.2 Å². The van der Waals surface area contributed by atoms with Crippen LogP contribution in [0.15, 0.2) is 83.3 Å². The molecule has 0 spiro atoms. The van der Waals surface area contributed by atoms with Gasteiger partial charge in [0, 0.05) is 54.7 Å². The van der Waals surface area contributed by atoms with Crippen LogP contribution in [0.2, 0.25) is 0 Å². The van der Waals surface area contributed by atoms with Gasteiger partial charge in [-0.1, -0.05) is 48.5 Å². The Hall–Kier alpha value is -3.35. The van der Waals surface area contributed by atoms with Crippen LogP contribution in [0, 0.1) is 5.82 Å². The number of carbonyl (C=O) groups is 1. The third-order valence-electron chi connectivity index (χ3n) is 7.28. The number of piperazine rings is 1. The smallest absolute Gasteiger partial charge is 0.227 e. The van der Waals surface area contributed by atoms with Gasteiger partial charge in [0.25, 0.3) is 0 Å². The quantitative estimate of drug-likeness (QED) is 0.428. The van der Waals surface area contributed by atoms with E-state index in [0.29, 0.717) is 13.1 Å². The molecule has 1 atom stereocenters. The standard InChI is InChI=1S/C31H31FN2O2S/c1-22-28(18-23-8-11-26(12-9-23)37(2)36)27-13-10-25(32)19-30(27)29(22)20-31(35)34-16-14-33(15-17-34)21-24-6-4-3-5-7-24/h3-13,18-19H,14-17,20-21H2,1-2H3. The Morgan fingerprint density at radius 2 is 1.65 bits per heavy atom. The van der Waals surface area contributed by atoms with Crippen LogP contribution in [-0.4, -0.2) is 52.4 Å². The number of benzene rings is 3. The van der Waals surface area contributed by atoms with E-state index in [0.717, 1.165) is 57.9 Å². The van der Waals surface area contributed by atoms with Crippen molar-refractivity contribution in [3.05, 3.63) is 106 Å². The van der Waals surface area contributed by atoms with Gasteiger partial charge in [-0.25, -0.2) is 4.39 Å². The maximum atomic E-state index is 14.3. The van der Waals surface area contributed by atoms with Gasteiger partial charge in [-0.15, -0.1) is 0 Å². The molecule has 1 heterocycles. The monoisotopic (exact) mass is 514 g/mol. The third kappa shape index (κ3) is 5.65. The van der Waals surface area contributed by atoms with Crippen molar-refractivity contribution in [1.29, 1.82) is 0 Å². The Morgan fingerprint density at radius 3 is 2.32 bits per heavy atom. The Bertz CT molecular complexity index is 1390. The molecule has 190 valence electrons. The zero-order valence-corrected chi connectivity index (χ0v) is 22.1. The average Bonchev–Trinajstić information content (AvgIpc) is 3.15. The molecule has 0 N–H and O–H groups in total. The van der Waals surface area contributed by atoms with Crippen LogP contribution < -0.4 is 0 Å². The van der Waals surface area contributed by atoms with E-state index in [1.807, 2.05) is 42.2 Å². The van der Waals surface area contributed by atoms with Crippen molar-refractivity contribution in [2.45, 2.75) is 24.8 Å². The summed E-state index contributed by atoms with van der Waals surface area (Å²) in [5.41, 5.74) is 6.88. The van der Waals surface area contributed by atoms with Gasteiger partial charge in [-0.3, -0.25) is 13.9 Å². The van der Waals surface area contributed by atoms with Crippen molar-refractivity contribution in [3.8, 4) is 0 Å². The topological polar surface area (TPSA) is 40.6 Å². The summed E-state index contributed by atoms with van der Waals surface area (Å²) in [6.45, 7) is 5.98. The maximum absolute atomic E-state index is 14.3. The molecule has 2 aliphatic rings. The first-order valence-corrected chi connectivity index (χ1v) is 14.1. The fourth-order valence-electron chi connectivity index (χ4n) is 5.16. The predicted molar refractivity (Wildman–Crippen MR) is 149 cm³/mol. The molecule has 3 aromatic carbocycles. The molecule has 5 rings (SSSR count). The Morgan fingerprint density at radius 1 is 0.946 bits per heavy atom. The van der Waals surface area contributed by atoms with E-state index in [4.69, 9.17) is 0 Å². The summed E-state index contributed by atoms with van der Waals surface area (Å²) in [5, 5.41) is 0. The fourth-order valence-corrected chi connectivity index (χ4v) is 5.68. The largest absolute Gasteiger partial charge is 0.340 e. The number of hydrogen-bond donors (Lipinski definition) is 0. The van der Waals surface area contributed by atoms with Gasteiger partial charge in [0.1, 0.15) is 5.82 Å². The van der Waals surface area contributed by atoms with Crippen molar-refractivity contribution >= 4 is 33.9 Å². The summed E-state index contributed by atoms with van der Waals surface area (Å²) in [5.74, 6) is -0.220. The van der Waals surface area contributed by atoms with E-state index in [1.165, 1.54) is 11.6 Å². The molecule has 1 fully saturated rings. The molecule has 6 heteroatoms.